The highest BCUT2D eigenvalue weighted by Crippen LogP contribution is 2.61. The fraction of sp³-hybridized carbons (Fsp3) is 0.536. The molecule has 186 valence electrons. The molecule has 4 aliphatic carbocycles. The maximum Gasteiger partial charge on any atom is 0.247 e. The number of nitrogens with zero attached hydrogens (tertiary/aromatic N) is 1. The van der Waals surface area contributed by atoms with Crippen molar-refractivity contribution >= 4 is 15.9 Å². The predicted molar refractivity (Wildman–Crippen MR) is 131 cm³/mol. The van der Waals surface area contributed by atoms with E-state index in [9.17, 15) is 17.6 Å². The predicted octanol–water partition coefficient (Wildman–Crippen LogP) is 4.66. The van der Waals surface area contributed by atoms with Crippen LogP contribution in [0.1, 0.15) is 56.6 Å². The molecule has 0 radical (unpaired) electrons. The van der Waals surface area contributed by atoms with Crippen molar-refractivity contribution in [2.24, 2.45) is 23.2 Å². The van der Waals surface area contributed by atoms with Gasteiger partial charge in [-0.05, 0) is 98.3 Å². The molecule has 1 amide bonds. The molecule has 0 spiro atoms. The first-order valence-corrected chi connectivity index (χ1v) is 14.3. The molecule has 1 heterocycles. The quantitative estimate of drug-likeness (QED) is 0.655. The molecule has 5 nitrogen and oxygen atoms in total. The van der Waals surface area contributed by atoms with Crippen LogP contribution in [0.3, 0.4) is 0 Å². The number of benzene rings is 2. The Labute approximate surface area is 207 Å². The van der Waals surface area contributed by atoms with E-state index in [-0.39, 0.29) is 35.2 Å². The number of hydrogen-bond acceptors (Lipinski definition) is 3. The molecule has 0 aromatic heterocycles. The third kappa shape index (κ3) is 3.91. The number of rotatable bonds is 5. The number of nitrogens with one attached hydrogen (secondary N) is 1. The molecule has 5 aliphatic rings. The number of carbonyl (C=O) groups is 1. The molecule has 1 N–H and O–H groups in total. The van der Waals surface area contributed by atoms with E-state index in [0.29, 0.717) is 0 Å². The number of halogens is 1. The normalized spacial score (nSPS) is 32.7. The SMILES string of the molecule is C[C@@H](NC(=O)[C@H]1Cc2ccccc2CN1S(=O)(=O)c1ccccc1F)C12CC3CC(CC(C3)C1)C2. The molecule has 7 rings (SSSR count). The zero-order valence-corrected chi connectivity index (χ0v) is 20.9. The maximum absolute atomic E-state index is 14.6. The molecule has 4 bridgehead atoms. The van der Waals surface area contributed by atoms with Crippen LogP contribution >= 0.6 is 0 Å². The lowest BCUT2D eigenvalue weighted by Gasteiger charge is -2.59. The van der Waals surface area contributed by atoms with Gasteiger partial charge in [0.1, 0.15) is 16.8 Å². The third-order valence-electron chi connectivity index (χ3n) is 9.29. The van der Waals surface area contributed by atoms with Gasteiger partial charge in [0.2, 0.25) is 15.9 Å². The number of fused-ring (bicyclic) bond motifs is 1. The first kappa shape index (κ1) is 23.2. The second-order valence-electron chi connectivity index (χ2n) is 11.5. The topological polar surface area (TPSA) is 66.5 Å². The number of hydrogen-bond donors (Lipinski definition) is 1. The number of carbonyl (C=O) groups excluding carboxylic acids is 1. The first-order valence-electron chi connectivity index (χ1n) is 12.9. The maximum atomic E-state index is 14.6. The minimum absolute atomic E-state index is 0.0152. The van der Waals surface area contributed by atoms with Crippen molar-refractivity contribution in [2.45, 2.75) is 75.4 Å². The summed E-state index contributed by atoms with van der Waals surface area (Å²) in [6.45, 7) is 2.16. The van der Waals surface area contributed by atoms with E-state index in [2.05, 4.69) is 12.2 Å². The summed E-state index contributed by atoms with van der Waals surface area (Å²) in [5.41, 5.74) is 1.94. The summed E-state index contributed by atoms with van der Waals surface area (Å²) in [5, 5.41) is 3.27. The van der Waals surface area contributed by atoms with Crippen molar-refractivity contribution in [1.82, 2.24) is 9.62 Å². The summed E-state index contributed by atoms with van der Waals surface area (Å²) in [6.07, 6.45) is 7.74. The summed E-state index contributed by atoms with van der Waals surface area (Å²) < 4.78 is 43.1. The van der Waals surface area contributed by atoms with Crippen LogP contribution in [0.25, 0.3) is 0 Å². The first-order chi connectivity index (χ1) is 16.7. The van der Waals surface area contributed by atoms with Gasteiger partial charge >= 0.3 is 0 Å². The van der Waals surface area contributed by atoms with Crippen LogP contribution in [0.4, 0.5) is 4.39 Å². The molecule has 2 aromatic rings. The lowest BCUT2D eigenvalue weighted by Crippen LogP contribution is -2.59. The van der Waals surface area contributed by atoms with Crippen molar-refractivity contribution in [1.29, 1.82) is 0 Å². The summed E-state index contributed by atoms with van der Waals surface area (Å²) in [4.78, 5) is 13.4. The molecule has 2 aromatic carbocycles. The molecule has 4 saturated carbocycles. The summed E-state index contributed by atoms with van der Waals surface area (Å²) in [5.74, 6) is 1.22. The molecular formula is C28H33FN2O3S. The van der Waals surface area contributed by atoms with Crippen molar-refractivity contribution in [2.75, 3.05) is 0 Å². The van der Waals surface area contributed by atoms with Gasteiger partial charge < -0.3 is 5.32 Å². The van der Waals surface area contributed by atoms with Gasteiger partial charge in [0, 0.05) is 12.6 Å². The molecular weight excluding hydrogens is 463 g/mol. The highest BCUT2D eigenvalue weighted by molar-refractivity contribution is 7.89. The largest absolute Gasteiger partial charge is 0.352 e. The van der Waals surface area contributed by atoms with E-state index in [1.807, 2.05) is 24.3 Å². The van der Waals surface area contributed by atoms with E-state index in [0.717, 1.165) is 54.2 Å². The molecule has 7 heteroatoms. The zero-order chi connectivity index (χ0) is 24.4. The van der Waals surface area contributed by atoms with E-state index in [1.54, 1.807) is 0 Å². The monoisotopic (exact) mass is 496 g/mol. The zero-order valence-electron chi connectivity index (χ0n) is 20.1. The fourth-order valence-electron chi connectivity index (χ4n) is 7.93. The van der Waals surface area contributed by atoms with Crippen LogP contribution in [0.5, 0.6) is 0 Å². The fourth-order valence-corrected chi connectivity index (χ4v) is 9.56. The van der Waals surface area contributed by atoms with E-state index < -0.39 is 21.9 Å². The van der Waals surface area contributed by atoms with Crippen LogP contribution in [-0.4, -0.2) is 30.7 Å². The Bertz CT molecular complexity index is 1230. The summed E-state index contributed by atoms with van der Waals surface area (Å²) >= 11 is 0. The van der Waals surface area contributed by atoms with Crippen LogP contribution in [-0.2, 0) is 27.8 Å². The van der Waals surface area contributed by atoms with E-state index in [4.69, 9.17) is 0 Å². The second-order valence-corrected chi connectivity index (χ2v) is 13.3. The van der Waals surface area contributed by atoms with Crippen LogP contribution in [0.15, 0.2) is 53.4 Å². The lowest BCUT2D eigenvalue weighted by atomic mass is 9.48. The van der Waals surface area contributed by atoms with Crippen LogP contribution < -0.4 is 5.32 Å². The van der Waals surface area contributed by atoms with Crippen molar-refractivity contribution in [3.63, 3.8) is 0 Å². The Morgan fingerprint density at radius 3 is 2.17 bits per heavy atom. The Morgan fingerprint density at radius 2 is 1.54 bits per heavy atom. The van der Waals surface area contributed by atoms with E-state index >= 15 is 0 Å². The van der Waals surface area contributed by atoms with Crippen molar-refractivity contribution in [3.05, 3.63) is 65.5 Å². The second kappa shape index (κ2) is 8.41. The molecule has 0 unspecified atom stereocenters. The van der Waals surface area contributed by atoms with Crippen LogP contribution in [0, 0.1) is 29.0 Å². The highest BCUT2D eigenvalue weighted by atomic mass is 32.2. The highest BCUT2D eigenvalue weighted by Gasteiger charge is 2.54. The van der Waals surface area contributed by atoms with Gasteiger partial charge in [-0.25, -0.2) is 12.8 Å². The number of sulfonamides is 1. The van der Waals surface area contributed by atoms with Gasteiger partial charge in [0.05, 0.1) is 0 Å². The van der Waals surface area contributed by atoms with Gasteiger partial charge in [-0.15, -0.1) is 0 Å². The van der Waals surface area contributed by atoms with Gasteiger partial charge in [-0.1, -0.05) is 36.4 Å². The van der Waals surface area contributed by atoms with Gasteiger partial charge in [0.15, 0.2) is 0 Å². The number of amides is 1. The molecule has 4 fully saturated rings. The Balaban J connectivity index is 1.30. The van der Waals surface area contributed by atoms with Gasteiger partial charge in [0.25, 0.3) is 0 Å². The van der Waals surface area contributed by atoms with E-state index in [1.165, 1.54) is 41.8 Å². The minimum Gasteiger partial charge on any atom is -0.352 e. The lowest BCUT2D eigenvalue weighted by molar-refractivity contribution is -0.130. The molecule has 0 saturated heterocycles. The Hall–Kier alpha value is -2.25. The summed E-state index contributed by atoms with van der Waals surface area (Å²) in [7, 11) is -4.21. The average molecular weight is 497 g/mol. The smallest absolute Gasteiger partial charge is 0.247 e. The molecule has 1 aliphatic heterocycles. The minimum atomic E-state index is -4.21. The molecule has 35 heavy (non-hydrogen) atoms. The van der Waals surface area contributed by atoms with Crippen molar-refractivity contribution in [3.8, 4) is 0 Å². The Kier molecular flexibility index (Phi) is 5.57. The third-order valence-corrected chi connectivity index (χ3v) is 11.2. The average Bonchev–Trinajstić information content (AvgIpc) is 2.82. The standard InChI is InChI=1S/C28H33FN2O3S/c1-18(28-14-19-10-20(15-28)12-21(11-19)16-28)30-27(32)25-13-22-6-2-3-7-23(22)17-31(25)35(33,34)26-9-5-4-8-24(26)29/h2-9,18-21,25H,10-17H2,1H3,(H,30,32)/t18-,19?,20?,21?,25-,28?/m1/s1. The van der Waals surface area contributed by atoms with Crippen LogP contribution in [0.2, 0.25) is 0 Å². The summed E-state index contributed by atoms with van der Waals surface area (Å²) in [6, 6.07) is 12.1. The molecule has 2 atom stereocenters. The van der Waals surface area contributed by atoms with Gasteiger partial charge in [-0.2, -0.15) is 4.31 Å². The Morgan fingerprint density at radius 1 is 0.971 bits per heavy atom. The van der Waals surface area contributed by atoms with Crippen molar-refractivity contribution < 1.29 is 17.6 Å². The van der Waals surface area contributed by atoms with Gasteiger partial charge in [-0.3, -0.25) is 4.79 Å².